The molecule has 1 aromatic rings. The first kappa shape index (κ1) is 10.5. The summed E-state index contributed by atoms with van der Waals surface area (Å²) < 4.78 is 0. The van der Waals surface area contributed by atoms with Crippen LogP contribution < -0.4 is 10.8 Å². The van der Waals surface area contributed by atoms with Crippen LogP contribution in [-0.2, 0) is 11.3 Å². The molecule has 1 aromatic carbocycles. The van der Waals surface area contributed by atoms with Crippen LogP contribution in [0.3, 0.4) is 0 Å². The second-order valence-corrected chi connectivity index (χ2v) is 3.98. The first-order valence-corrected chi connectivity index (χ1v) is 5.53. The minimum absolute atomic E-state index is 0.190. The van der Waals surface area contributed by atoms with Crippen LogP contribution in [0.25, 0.3) is 0 Å². The minimum Gasteiger partial charge on any atom is -0.369 e. The van der Waals surface area contributed by atoms with Gasteiger partial charge in [0.15, 0.2) is 0 Å². The first-order valence-electron chi connectivity index (χ1n) is 5.53. The van der Waals surface area contributed by atoms with Gasteiger partial charge in [-0.05, 0) is 24.5 Å². The molecule has 1 heterocycles. The molecule has 2 N–H and O–H groups in total. The number of benzene rings is 1. The molecule has 1 fully saturated rings. The summed E-state index contributed by atoms with van der Waals surface area (Å²) in [5, 5.41) is 0. The fraction of sp³-hybridized carbons (Fsp3) is 0.500. The van der Waals surface area contributed by atoms with Gasteiger partial charge in [-0.2, -0.15) is 0 Å². The van der Waals surface area contributed by atoms with Gasteiger partial charge < -0.3 is 4.90 Å². The molecule has 15 heavy (non-hydrogen) atoms. The topological polar surface area (TPSA) is 38.5 Å². The van der Waals surface area contributed by atoms with E-state index in [4.69, 9.17) is 10.7 Å². The SMILES string of the molecule is CCc1ccccc1N1CCC(ON)C1. The van der Waals surface area contributed by atoms with E-state index >= 15 is 0 Å². The first-order chi connectivity index (χ1) is 7.35. The summed E-state index contributed by atoms with van der Waals surface area (Å²) in [6.45, 7) is 4.14. The van der Waals surface area contributed by atoms with Crippen LogP contribution in [0.15, 0.2) is 24.3 Å². The van der Waals surface area contributed by atoms with Gasteiger partial charge in [0.1, 0.15) is 0 Å². The number of hydrogen-bond donors (Lipinski definition) is 1. The Morgan fingerprint density at radius 3 is 2.93 bits per heavy atom. The Morgan fingerprint density at radius 2 is 2.27 bits per heavy atom. The van der Waals surface area contributed by atoms with E-state index in [1.54, 1.807) is 0 Å². The molecule has 1 saturated heterocycles. The number of rotatable bonds is 3. The highest BCUT2D eigenvalue weighted by molar-refractivity contribution is 5.54. The summed E-state index contributed by atoms with van der Waals surface area (Å²) in [6, 6.07) is 8.55. The second kappa shape index (κ2) is 4.64. The molecule has 0 spiro atoms. The second-order valence-electron chi connectivity index (χ2n) is 3.98. The summed E-state index contributed by atoms with van der Waals surface area (Å²) in [5.74, 6) is 5.22. The molecule has 1 unspecified atom stereocenters. The molecule has 1 aliphatic heterocycles. The van der Waals surface area contributed by atoms with Crippen molar-refractivity contribution in [3.63, 3.8) is 0 Å². The predicted molar refractivity (Wildman–Crippen MR) is 61.7 cm³/mol. The van der Waals surface area contributed by atoms with Gasteiger partial charge in [-0.25, -0.2) is 5.90 Å². The maximum atomic E-state index is 5.22. The van der Waals surface area contributed by atoms with E-state index in [1.807, 2.05) is 0 Å². The molecule has 0 aromatic heterocycles. The molecule has 0 amide bonds. The van der Waals surface area contributed by atoms with Crippen molar-refractivity contribution in [2.75, 3.05) is 18.0 Å². The highest BCUT2D eigenvalue weighted by Gasteiger charge is 2.23. The van der Waals surface area contributed by atoms with Crippen LogP contribution in [0.5, 0.6) is 0 Å². The average molecular weight is 206 g/mol. The van der Waals surface area contributed by atoms with Crippen molar-refractivity contribution in [1.29, 1.82) is 0 Å². The van der Waals surface area contributed by atoms with E-state index in [9.17, 15) is 0 Å². The minimum atomic E-state index is 0.190. The molecule has 1 atom stereocenters. The fourth-order valence-corrected chi connectivity index (χ4v) is 2.18. The number of nitrogens with zero attached hydrogens (tertiary/aromatic N) is 1. The Balaban J connectivity index is 2.16. The monoisotopic (exact) mass is 206 g/mol. The fourth-order valence-electron chi connectivity index (χ4n) is 2.18. The third-order valence-electron chi connectivity index (χ3n) is 3.05. The van der Waals surface area contributed by atoms with Gasteiger partial charge in [-0.3, -0.25) is 4.84 Å². The third kappa shape index (κ3) is 2.13. The lowest BCUT2D eigenvalue weighted by molar-refractivity contribution is 0.0690. The van der Waals surface area contributed by atoms with Gasteiger partial charge in [0, 0.05) is 18.8 Å². The summed E-state index contributed by atoms with van der Waals surface area (Å²) >= 11 is 0. The van der Waals surface area contributed by atoms with E-state index in [0.29, 0.717) is 0 Å². The van der Waals surface area contributed by atoms with Gasteiger partial charge in [-0.15, -0.1) is 0 Å². The number of anilines is 1. The zero-order valence-corrected chi connectivity index (χ0v) is 9.15. The lowest BCUT2D eigenvalue weighted by Gasteiger charge is -2.21. The molecule has 3 heteroatoms. The van der Waals surface area contributed by atoms with E-state index in [2.05, 4.69) is 36.1 Å². The van der Waals surface area contributed by atoms with E-state index < -0.39 is 0 Å². The van der Waals surface area contributed by atoms with Gasteiger partial charge >= 0.3 is 0 Å². The summed E-state index contributed by atoms with van der Waals surface area (Å²) in [5.41, 5.74) is 2.73. The maximum absolute atomic E-state index is 5.22. The van der Waals surface area contributed by atoms with Crippen LogP contribution in [0.2, 0.25) is 0 Å². The summed E-state index contributed by atoms with van der Waals surface area (Å²) in [4.78, 5) is 7.25. The predicted octanol–water partition coefficient (Wildman–Crippen LogP) is 1.72. The molecule has 0 radical (unpaired) electrons. The molecule has 1 aliphatic rings. The smallest absolute Gasteiger partial charge is 0.0978 e. The summed E-state index contributed by atoms with van der Waals surface area (Å²) in [6.07, 6.45) is 2.28. The average Bonchev–Trinajstić information content (AvgIpc) is 2.77. The Bertz CT molecular complexity index is 327. The number of nitrogens with two attached hydrogens (primary N) is 1. The van der Waals surface area contributed by atoms with Gasteiger partial charge in [0.25, 0.3) is 0 Å². The maximum Gasteiger partial charge on any atom is 0.0978 e. The molecule has 0 aliphatic carbocycles. The molecular formula is C12H18N2O. The van der Waals surface area contributed by atoms with E-state index in [0.717, 1.165) is 25.9 Å². The van der Waals surface area contributed by atoms with Crippen LogP contribution >= 0.6 is 0 Å². The Morgan fingerprint density at radius 1 is 1.47 bits per heavy atom. The third-order valence-corrected chi connectivity index (χ3v) is 3.05. The van der Waals surface area contributed by atoms with Crippen LogP contribution in [0.4, 0.5) is 5.69 Å². The van der Waals surface area contributed by atoms with Gasteiger partial charge in [0.05, 0.1) is 6.10 Å². The molecular weight excluding hydrogens is 188 g/mol. The van der Waals surface area contributed by atoms with Crippen molar-refractivity contribution < 1.29 is 4.84 Å². The Labute approximate surface area is 90.8 Å². The van der Waals surface area contributed by atoms with E-state index in [-0.39, 0.29) is 6.10 Å². The van der Waals surface area contributed by atoms with Crippen molar-refractivity contribution in [1.82, 2.24) is 0 Å². The lowest BCUT2D eigenvalue weighted by atomic mass is 10.1. The molecule has 3 nitrogen and oxygen atoms in total. The highest BCUT2D eigenvalue weighted by atomic mass is 16.6. The Kier molecular flexibility index (Phi) is 3.23. The Hall–Kier alpha value is -1.06. The lowest BCUT2D eigenvalue weighted by Crippen LogP contribution is -2.25. The van der Waals surface area contributed by atoms with Crippen molar-refractivity contribution in [2.24, 2.45) is 5.90 Å². The molecule has 0 saturated carbocycles. The van der Waals surface area contributed by atoms with Crippen LogP contribution in [0.1, 0.15) is 18.9 Å². The van der Waals surface area contributed by atoms with Crippen LogP contribution in [-0.4, -0.2) is 19.2 Å². The van der Waals surface area contributed by atoms with Gasteiger partial charge in [-0.1, -0.05) is 25.1 Å². The number of para-hydroxylation sites is 1. The van der Waals surface area contributed by atoms with E-state index in [1.165, 1.54) is 11.3 Å². The van der Waals surface area contributed by atoms with Crippen molar-refractivity contribution in [3.8, 4) is 0 Å². The zero-order chi connectivity index (χ0) is 10.7. The standard InChI is InChI=1S/C12H18N2O/c1-2-10-5-3-4-6-12(10)14-8-7-11(9-14)15-13/h3-6,11H,2,7-9,13H2,1H3. The molecule has 82 valence electrons. The number of hydrogen-bond acceptors (Lipinski definition) is 3. The quantitative estimate of drug-likeness (QED) is 0.765. The molecule has 2 rings (SSSR count). The normalized spacial score (nSPS) is 20.9. The number of aryl methyl sites for hydroxylation is 1. The largest absolute Gasteiger partial charge is 0.369 e. The van der Waals surface area contributed by atoms with Crippen molar-refractivity contribution in [3.05, 3.63) is 29.8 Å². The van der Waals surface area contributed by atoms with Crippen LogP contribution in [0, 0.1) is 0 Å². The molecule has 0 bridgehead atoms. The van der Waals surface area contributed by atoms with Crippen molar-refractivity contribution >= 4 is 5.69 Å². The highest BCUT2D eigenvalue weighted by Crippen LogP contribution is 2.25. The zero-order valence-electron chi connectivity index (χ0n) is 9.15. The summed E-state index contributed by atoms with van der Waals surface area (Å²) in [7, 11) is 0. The van der Waals surface area contributed by atoms with Crippen molar-refractivity contribution in [2.45, 2.75) is 25.9 Å². The van der Waals surface area contributed by atoms with Gasteiger partial charge in [0.2, 0.25) is 0 Å².